The van der Waals surface area contributed by atoms with Crippen LogP contribution in [0.2, 0.25) is 0 Å². The van der Waals surface area contributed by atoms with Crippen LogP contribution >= 0.6 is 0 Å². The lowest BCUT2D eigenvalue weighted by Crippen LogP contribution is -1.99. The van der Waals surface area contributed by atoms with Crippen molar-refractivity contribution >= 4 is 0 Å². The van der Waals surface area contributed by atoms with Gasteiger partial charge in [-0.3, -0.25) is 0 Å². The van der Waals surface area contributed by atoms with Gasteiger partial charge in [-0.1, -0.05) is 13.0 Å². The Bertz CT molecular complexity index is 633. The van der Waals surface area contributed by atoms with Gasteiger partial charge in [0.1, 0.15) is 18.4 Å². The predicted octanol–water partition coefficient (Wildman–Crippen LogP) is 3.10. The molecule has 2 rings (SSSR count). The minimum absolute atomic E-state index is 0.374. The lowest BCUT2D eigenvalue weighted by atomic mass is 10.1. The van der Waals surface area contributed by atoms with Crippen LogP contribution in [0.5, 0.6) is 11.5 Å². The van der Waals surface area contributed by atoms with E-state index in [0.29, 0.717) is 18.1 Å². The molecule has 0 fully saturated rings. The van der Waals surface area contributed by atoms with Crippen molar-refractivity contribution in [2.24, 2.45) is 0 Å². The quantitative estimate of drug-likeness (QED) is 0.836. The van der Waals surface area contributed by atoms with Crippen LogP contribution in [-0.4, -0.2) is 12.1 Å². The third-order valence-corrected chi connectivity index (χ3v) is 2.97. The number of nitrogens with zero attached hydrogens (tertiary/aromatic N) is 2. The number of aryl methyl sites for hydroxylation is 1. The molecule has 0 spiro atoms. The van der Waals surface area contributed by atoms with Gasteiger partial charge in [0.25, 0.3) is 0 Å². The highest BCUT2D eigenvalue weighted by Gasteiger charge is 2.06. The summed E-state index contributed by atoms with van der Waals surface area (Å²) in [5, 5.41) is 8.81. The summed E-state index contributed by atoms with van der Waals surface area (Å²) in [4.78, 5) is 3.93. The Labute approximate surface area is 118 Å². The zero-order chi connectivity index (χ0) is 14.4. The predicted molar refractivity (Wildman–Crippen MR) is 75.7 cm³/mol. The molecule has 0 radical (unpaired) electrons. The molecule has 20 heavy (non-hydrogen) atoms. The van der Waals surface area contributed by atoms with Gasteiger partial charge in [-0.05, 0) is 41.8 Å². The Hall–Kier alpha value is -2.54. The van der Waals surface area contributed by atoms with Crippen molar-refractivity contribution in [3.63, 3.8) is 0 Å². The number of benzene rings is 1. The molecule has 102 valence electrons. The molecular weight excluding hydrogens is 252 g/mol. The number of ether oxygens (including phenoxy) is 2. The van der Waals surface area contributed by atoms with Crippen LogP contribution in [0.3, 0.4) is 0 Å². The van der Waals surface area contributed by atoms with E-state index in [4.69, 9.17) is 14.7 Å². The fourth-order valence-electron chi connectivity index (χ4n) is 1.84. The Morgan fingerprint density at radius 2 is 2.00 bits per heavy atom. The number of methoxy groups -OCH3 is 1. The van der Waals surface area contributed by atoms with Gasteiger partial charge >= 0.3 is 0 Å². The average Bonchev–Trinajstić information content (AvgIpc) is 2.52. The molecule has 4 nitrogen and oxygen atoms in total. The molecule has 0 saturated carbocycles. The first kappa shape index (κ1) is 13.9. The molecular formula is C16H16N2O2. The number of aromatic nitrogens is 1. The summed E-state index contributed by atoms with van der Waals surface area (Å²) in [6.07, 6.45) is 2.56. The Balaban J connectivity index is 2.12. The highest BCUT2D eigenvalue weighted by Crippen LogP contribution is 2.29. The summed E-state index contributed by atoms with van der Waals surface area (Å²) in [5.41, 5.74) is 2.49. The first-order chi connectivity index (χ1) is 9.76. The zero-order valence-electron chi connectivity index (χ0n) is 11.6. The highest BCUT2D eigenvalue weighted by molar-refractivity contribution is 5.43. The van der Waals surface area contributed by atoms with Gasteiger partial charge in [0.05, 0.1) is 7.11 Å². The first-order valence-electron chi connectivity index (χ1n) is 6.41. The Morgan fingerprint density at radius 1 is 1.15 bits per heavy atom. The van der Waals surface area contributed by atoms with Gasteiger partial charge in [0.2, 0.25) is 0 Å². The highest BCUT2D eigenvalue weighted by atomic mass is 16.5. The fraction of sp³-hybridized carbons (Fsp3) is 0.250. The van der Waals surface area contributed by atoms with E-state index in [1.807, 2.05) is 30.3 Å². The average molecular weight is 268 g/mol. The van der Waals surface area contributed by atoms with Crippen LogP contribution in [0.15, 0.2) is 36.5 Å². The maximum Gasteiger partial charge on any atom is 0.161 e. The number of hydrogen-bond donors (Lipinski definition) is 0. The van der Waals surface area contributed by atoms with E-state index < -0.39 is 0 Å². The molecule has 0 unspecified atom stereocenters. The molecule has 0 N–H and O–H groups in total. The summed E-state index contributed by atoms with van der Waals surface area (Å²) in [7, 11) is 1.63. The summed E-state index contributed by atoms with van der Waals surface area (Å²) in [6.45, 7) is 2.47. The summed E-state index contributed by atoms with van der Waals surface area (Å²) >= 11 is 0. The molecule has 2 aromatic rings. The van der Waals surface area contributed by atoms with E-state index in [-0.39, 0.29) is 0 Å². The second-order valence-corrected chi connectivity index (χ2v) is 4.29. The fourth-order valence-corrected chi connectivity index (χ4v) is 1.84. The van der Waals surface area contributed by atoms with Crippen molar-refractivity contribution in [2.45, 2.75) is 20.0 Å². The van der Waals surface area contributed by atoms with Gasteiger partial charge < -0.3 is 9.47 Å². The number of hydrogen-bond acceptors (Lipinski definition) is 4. The SMILES string of the molecule is CCc1ccc(OCc2ccnc(C#N)c2)c(OC)c1. The standard InChI is InChI=1S/C16H16N2O2/c1-3-12-4-5-15(16(9-12)19-2)20-11-13-6-7-18-14(8-13)10-17/h4-9H,3,11H2,1-2H3. The van der Waals surface area contributed by atoms with E-state index >= 15 is 0 Å². The van der Waals surface area contributed by atoms with Gasteiger partial charge in [-0.15, -0.1) is 0 Å². The van der Waals surface area contributed by atoms with Gasteiger partial charge in [-0.25, -0.2) is 4.98 Å². The van der Waals surface area contributed by atoms with Crippen molar-refractivity contribution in [1.82, 2.24) is 4.98 Å². The van der Waals surface area contributed by atoms with Crippen molar-refractivity contribution in [1.29, 1.82) is 5.26 Å². The topological polar surface area (TPSA) is 55.1 Å². The molecule has 0 amide bonds. The monoisotopic (exact) mass is 268 g/mol. The van der Waals surface area contributed by atoms with E-state index in [9.17, 15) is 0 Å². The van der Waals surface area contributed by atoms with Crippen molar-refractivity contribution < 1.29 is 9.47 Å². The lowest BCUT2D eigenvalue weighted by molar-refractivity contribution is 0.284. The second kappa shape index (κ2) is 6.58. The van der Waals surface area contributed by atoms with E-state index in [1.54, 1.807) is 19.4 Å². The molecule has 0 bridgehead atoms. The molecule has 0 aliphatic rings. The lowest BCUT2D eigenvalue weighted by Gasteiger charge is -2.12. The molecule has 0 aliphatic heterocycles. The van der Waals surface area contributed by atoms with E-state index in [0.717, 1.165) is 17.7 Å². The van der Waals surface area contributed by atoms with Crippen molar-refractivity contribution in [3.05, 3.63) is 53.3 Å². The molecule has 1 aromatic carbocycles. The summed E-state index contributed by atoms with van der Waals surface area (Å²) < 4.78 is 11.1. The van der Waals surface area contributed by atoms with Crippen molar-refractivity contribution in [3.8, 4) is 17.6 Å². The van der Waals surface area contributed by atoms with Gasteiger partial charge in [0, 0.05) is 6.20 Å². The Morgan fingerprint density at radius 3 is 2.70 bits per heavy atom. The van der Waals surface area contributed by atoms with E-state index in [1.165, 1.54) is 5.56 Å². The van der Waals surface area contributed by atoms with Crippen molar-refractivity contribution in [2.75, 3.05) is 7.11 Å². The molecule has 0 aliphatic carbocycles. The number of pyridine rings is 1. The largest absolute Gasteiger partial charge is 0.493 e. The molecule has 4 heteroatoms. The molecule has 0 atom stereocenters. The number of nitriles is 1. The minimum Gasteiger partial charge on any atom is -0.493 e. The smallest absolute Gasteiger partial charge is 0.161 e. The summed E-state index contributed by atoms with van der Waals surface area (Å²) in [5.74, 6) is 1.42. The maximum atomic E-state index is 8.81. The van der Waals surface area contributed by atoms with Gasteiger partial charge in [-0.2, -0.15) is 5.26 Å². The molecule has 1 aromatic heterocycles. The molecule has 1 heterocycles. The summed E-state index contributed by atoms with van der Waals surface area (Å²) in [6, 6.07) is 11.5. The van der Waals surface area contributed by atoms with E-state index in [2.05, 4.69) is 11.9 Å². The Kier molecular flexibility index (Phi) is 4.56. The zero-order valence-corrected chi connectivity index (χ0v) is 11.6. The van der Waals surface area contributed by atoms with Crippen LogP contribution in [0.4, 0.5) is 0 Å². The van der Waals surface area contributed by atoms with Crippen LogP contribution in [-0.2, 0) is 13.0 Å². The van der Waals surface area contributed by atoms with Crippen LogP contribution < -0.4 is 9.47 Å². The van der Waals surface area contributed by atoms with Crippen LogP contribution in [0.25, 0.3) is 0 Å². The minimum atomic E-state index is 0.374. The van der Waals surface area contributed by atoms with Gasteiger partial charge in [0.15, 0.2) is 11.5 Å². The second-order valence-electron chi connectivity index (χ2n) is 4.29. The number of rotatable bonds is 5. The normalized spacial score (nSPS) is 9.85. The third-order valence-electron chi connectivity index (χ3n) is 2.97. The van der Waals surface area contributed by atoms with Crippen LogP contribution in [0.1, 0.15) is 23.7 Å². The molecule has 0 saturated heterocycles. The third kappa shape index (κ3) is 3.27. The first-order valence-corrected chi connectivity index (χ1v) is 6.41. The maximum absolute atomic E-state index is 8.81. The van der Waals surface area contributed by atoms with Crippen LogP contribution in [0, 0.1) is 11.3 Å².